The van der Waals surface area contributed by atoms with Crippen molar-refractivity contribution < 1.29 is 34.1 Å². The van der Waals surface area contributed by atoms with Crippen molar-refractivity contribution in [2.75, 3.05) is 13.2 Å². The first-order valence-corrected chi connectivity index (χ1v) is 25.8. The molecule has 0 radical (unpaired) electrons. The van der Waals surface area contributed by atoms with Gasteiger partial charge < -0.3 is 25.6 Å². The Labute approximate surface area is 391 Å². The Hall–Kier alpha value is -3.72. The van der Waals surface area contributed by atoms with E-state index in [0.717, 1.165) is 89.9 Å². The first-order valence-electron chi connectivity index (χ1n) is 25.8. The number of esters is 1. The number of carboxylic acids is 1. The number of unbranched alkanes of at least 4 members (excludes halogenated alkanes) is 20. The second-order valence-corrected chi connectivity index (χ2v) is 17.2. The molecule has 4 N–H and O–H groups in total. The summed E-state index contributed by atoms with van der Waals surface area (Å²) in [6.07, 6.45) is 62.3. The van der Waals surface area contributed by atoms with Crippen LogP contribution >= 0.6 is 0 Å². The summed E-state index contributed by atoms with van der Waals surface area (Å²) in [6.45, 7) is 3.36. The van der Waals surface area contributed by atoms with Gasteiger partial charge in [0.25, 0.3) is 0 Å². The molecule has 0 spiro atoms. The number of rotatable bonds is 46. The second-order valence-electron chi connectivity index (χ2n) is 17.2. The minimum atomic E-state index is -1.39. The molecule has 64 heavy (non-hydrogen) atoms. The van der Waals surface area contributed by atoms with Gasteiger partial charge in [0.15, 0.2) is 0 Å². The summed E-state index contributed by atoms with van der Waals surface area (Å²) < 4.78 is 6.02. The minimum Gasteiger partial charge on any atom is -0.480 e. The molecule has 2 amide bonds. The fourth-order valence-electron chi connectivity index (χ4n) is 7.27. The molecule has 0 heterocycles. The van der Waals surface area contributed by atoms with E-state index in [2.05, 4.69) is 97.4 Å². The van der Waals surface area contributed by atoms with Crippen LogP contribution in [-0.4, -0.2) is 59.3 Å². The number of carbonyl (C=O) groups is 4. The molecule has 2 atom stereocenters. The van der Waals surface area contributed by atoms with Crippen LogP contribution in [0.1, 0.15) is 226 Å². The summed E-state index contributed by atoms with van der Waals surface area (Å²) in [6, 6.07) is -1.39. The summed E-state index contributed by atoms with van der Waals surface area (Å²) in [5.74, 6) is -2.35. The highest BCUT2D eigenvalue weighted by atomic mass is 16.5. The molecule has 366 valence electrons. The SMILES string of the molecule is CC/C=C\C/C=C\C/C=C\C/C=C\CCC(CCCCCCCC(=O)NCC(=O)NC(CO)C(=O)O)OC(=O)CCCCCCCCCCCCC/C=C\C/C=C\CCCCCCC. The van der Waals surface area contributed by atoms with Gasteiger partial charge in [-0.2, -0.15) is 0 Å². The van der Waals surface area contributed by atoms with Crippen LogP contribution in [-0.2, 0) is 23.9 Å². The molecule has 0 saturated carbocycles. The lowest BCUT2D eigenvalue weighted by Gasteiger charge is -2.17. The van der Waals surface area contributed by atoms with Gasteiger partial charge in [0.2, 0.25) is 11.8 Å². The number of aliphatic hydroxyl groups is 1. The van der Waals surface area contributed by atoms with Gasteiger partial charge in [-0.1, -0.05) is 189 Å². The lowest BCUT2D eigenvalue weighted by atomic mass is 10.0. The van der Waals surface area contributed by atoms with E-state index in [9.17, 15) is 19.2 Å². The Balaban J connectivity index is 4.30. The van der Waals surface area contributed by atoms with Gasteiger partial charge in [-0.15, -0.1) is 0 Å². The van der Waals surface area contributed by atoms with E-state index < -0.39 is 24.5 Å². The number of aliphatic carboxylic acids is 1. The van der Waals surface area contributed by atoms with Gasteiger partial charge in [-0.3, -0.25) is 14.4 Å². The average Bonchev–Trinajstić information content (AvgIpc) is 3.28. The third kappa shape index (κ3) is 44.9. The van der Waals surface area contributed by atoms with Crippen LogP contribution < -0.4 is 10.6 Å². The van der Waals surface area contributed by atoms with Crippen LogP contribution in [0.15, 0.2) is 72.9 Å². The van der Waals surface area contributed by atoms with E-state index in [1.165, 1.54) is 103 Å². The van der Waals surface area contributed by atoms with Gasteiger partial charge in [-0.25, -0.2) is 4.79 Å². The largest absolute Gasteiger partial charge is 0.480 e. The zero-order chi connectivity index (χ0) is 46.8. The molecule has 0 saturated heterocycles. The summed E-state index contributed by atoms with van der Waals surface area (Å²) >= 11 is 0. The second kappa shape index (κ2) is 48.7. The van der Waals surface area contributed by atoms with Crippen molar-refractivity contribution in [1.29, 1.82) is 0 Å². The van der Waals surface area contributed by atoms with E-state index in [-0.39, 0.29) is 30.9 Å². The predicted molar refractivity (Wildman–Crippen MR) is 268 cm³/mol. The highest BCUT2D eigenvalue weighted by Crippen LogP contribution is 2.18. The van der Waals surface area contributed by atoms with Crippen molar-refractivity contribution >= 4 is 23.8 Å². The van der Waals surface area contributed by atoms with Crippen molar-refractivity contribution in [3.8, 4) is 0 Å². The summed E-state index contributed by atoms with van der Waals surface area (Å²) in [5, 5.41) is 22.6. The molecule has 0 fully saturated rings. The maximum absolute atomic E-state index is 12.9. The van der Waals surface area contributed by atoms with Crippen LogP contribution in [0.25, 0.3) is 0 Å². The van der Waals surface area contributed by atoms with Gasteiger partial charge in [0, 0.05) is 12.8 Å². The van der Waals surface area contributed by atoms with E-state index in [1.807, 2.05) is 0 Å². The minimum absolute atomic E-state index is 0.0829. The van der Waals surface area contributed by atoms with Crippen LogP contribution in [0.2, 0.25) is 0 Å². The zero-order valence-electron chi connectivity index (χ0n) is 40.8. The third-order valence-corrected chi connectivity index (χ3v) is 11.2. The standard InChI is InChI=1S/C55H94N2O7/c1-3-5-7-9-11-13-15-17-18-19-20-21-22-23-24-25-26-28-30-32-34-39-43-47-54(61)64-50(44-40-36-33-31-29-27-16-14-12-10-8-6-4-2)45-41-37-35-38-42-46-52(59)56-48-53(60)57-51(49-58)55(62)63/h6,8,12,14-15,17,19-20,27,29,33,36,50-51,58H,3-5,7,9-11,13,16,18,21-26,28,30-32,34-35,37-49H2,1-2H3,(H,56,59)(H,57,60)(H,62,63)/b8-6-,14-12-,17-15-,20-19-,29-27-,36-33-. The molecule has 0 aromatic rings. The van der Waals surface area contributed by atoms with Crippen LogP contribution in [0, 0.1) is 0 Å². The molecule has 0 aliphatic carbocycles. The molecule has 0 bridgehead atoms. The Morgan fingerprint density at radius 3 is 1.42 bits per heavy atom. The average molecular weight is 895 g/mol. The number of carbonyl (C=O) groups excluding carboxylic acids is 3. The quantitative estimate of drug-likeness (QED) is 0.0271. The molecule has 0 rings (SSSR count). The molecular weight excluding hydrogens is 801 g/mol. The summed E-state index contributed by atoms with van der Waals surface area (Å²) in [4.78, 5) is 47.8. The van der Waals surface area contributed by atoms with Crippen molar-refractivity contribution in [2.24, 2.45) is 0 Å². The fourth-order valence-corrected chi connectivity index (χ4v) is 7.27. The molecule has 0 aliphatic heterocycles. The Morgan fingerprint density at radius 2 is 0.922 bits per heavy atom. The highest BCUT2D eigenvalue weighted by molar-refractivity contribution is 5.87. The lowest BCUT2D eigenvalue weighted by molar-refractivity contribution is -0.150. The van der Waals surface area contributed by atoms with Gasteiger partial charge in [-0.05, 0) is 96.3 Å². The summed E-state index contributed by atoms with van der Waals surface area (Å²) in [7, 11) is 0. The maximum Gasteiger partial charge on any atom is 0.328 e. The predicted octanol–water partition coefficient (Wildman–Crippen LogP) is 13.8. The van der Waals surface area contributed by atoms with E-state index >= 15 is 0 Å². The first kappa shape index (κ1) is 60.3. The highest BCUT2D eigenvalue weighted by Gasteiger charge is 2.19. The lowest BCUT2D eigenvalue weighted by Crippen LogP contribution is -2.47. The molecule has 0 aromatic heterocycles. The van der Waals surface area contributed by atoms with Gasteiger partial charge in [0.1, 0.15) is 12.1 Å². The van der Waals surface area contributed by atoms with Crippen molar-refractivity contribution in [3.05, 3.63) is 72.9 Å². The number of aliphatic hydroxyl groups excluding tert-OH is 1. The number of carboxylic acid groups (broad SMARTS) is 1. The molecule has 2 unspecified atom stereocenters. The normalized spacial score (nSPS) is 13.0. The Morgan fingerprint density at radius 1 is 0.484 bits per heavy atom. The first-order chi connectivity index (χ1) is 31.3. The van der Waals surface area contributed by atoms with Crippen molar-refractivity contribution in [3.63, 3.8) is 0 Å². The van der Waals surface area contributed by atoms with Gasteiger partial charge >= 0.3 is 11.9 Å². The van der Waals surface area contributed by atoms with Crippen molar-refractivity contribution in [2.45, 2.75) is 238 Å². The Bertz CT molecular complexity index is 1300. The number of hydrogen-bond acceptors (Lipinski definition) is 6. The monoisotopic (exact) mass is 895 g/mol. The van der Waals surface area contributed by atoms with E-state index in [0.29, 0.717) is 12.8 Å². The number of hydrogen-bond donors (Lipinski definition) is 4. The van der Waals surface area contributed by atoms with Crippen LogP contribution in [0.4, 0.5) is 0 Å². The number of amides is 2. The smallest absolute Gasteiger partial charge is 0.328 e. The molecule has 0 aromatic carbocycles. The van der Waals surface area contributed by atoms with E-state index in [4.69, 9.17) is 14.9 Å². The number of ether oxygens (including phenoxy) is 1. The maximum atomic E-state index is 12.9. The number of allylic oxidation sites excluding steroid dienone is 12. The molecule has 9 heteroatoms. The zero-order valence-corrected chi connectivity index (χ0v) is 40.8. The molecule has 0 aliphatic rings. The van der Waals surface area contributed by atoms with Crippen LogP contribution in [0.3, 0.4) is 0 Å². The van der Waals surface area contributed by atoms with Gasteiger partial charge in [0.05, 0.1) is 13.2 Å². The fraction of sp³-hybridized carbons (Fsp3) is 0.709. The van der Waals surface area contributed by atoms with Crippen LogP contribution in [0.5, 0.6) is 0 Å². The molecular formula is C55H94N2O7. The Kier molecular flexibility index (Phi) is 45.9. The van der Waals surface area contributed by atoms with E-state index in [1.54, 1.807) is 0 Å². The third-order valence-electron chi connectivity index (χ3n) is 11.2. The summed E-state index contributed by atoms with van der Waals surface area (Å²) in [5.41, 5.74) is 0. The molecule has 9 nitrogen and oxygen atoms in total. The number of nitrogens with one attached hydrogen (secondary N) is 2. The van der Waals surface area contributed by atoms with Crippen molar-refractivity contribution in [1.82, 2.24) is 10.6 Å². The topological polar surface area (TPSA) is 142 Å².